The smallest absolute Gasteiger partial charge is 0.282 e. The van der Waals surface area contributed by atoms with Crippen LogP contribution < -0.4 is 14.4 Å². The maximum atomic E-state index is 13.6. The molecule has 0 aromatic heterocycles. The molecule has 0 saturated carbocycles. The maximum absolute atomic E-state index is 13.6. The minimum Gasteiger partial charge on any atom is -0.494 e. The second kappa shape index (κ2) is 9.25. The van der Waals surface area contributed by atoms with E-state index >= 15 is 0 Å². The molecule has 2 heterocycles. The van der Waals surface area contributed by atoms with Crippen LogP contribution in [0.5, 0.6) is 11.5 Å². The zero-order valence-electron chi connectivity index (χ0n) is 18.1. The summed E-state index contributed by atoms with van der Waals surface area (Å²) >= 11 is 0. The molecule has 0 atom stereocenters. The van der Waals surface area contributed by atoms with Gasteiger partial charge in [-0.15, -0.1) is 0 Å². The van der Waals surface area contributed by atoms with Crippen molar-refractivity contribution in [1.82, 2.24) is 4.90 Å². The second-order valence-corrected chi connectivity index (χ2v) is 7.60. The summed E-state index contributed by atoms with van der Waals surface area (Å²) in [7, 11) is 0. The van der Waals surface area contributed by atoms with Crippen LogP contribution in [0.15, 0.2) is 54.2 Å². The van der Waals surface area contributed by atoms with E-state index in [1.165, 1.54) is 4.90 Å². The molecule has 6 nitrogen and oxygen atoms in total. The maximum Gasteiger partial charge on any atom is 0.282 e. The third-order valence-electron chi connectivity index (χ3n) is 5.57. The van der Waals surface area contributed by atoms with Crippen molar-refractivity contribution in [3.05, 3.63) is 59.8 Å². The summed E-state index contributed by atoms with van der Waals surface area (Å²) in [5, 5.41) is 0. The fraction of sp³-hybridized carbons (Fsp3) is 0.360. The highest BCUT2D eigenvalue weighted by Gasteiger charge is 2.42. The molecule has 2 aromatic carbocycles. The van der Waals surface area contributed by atoms with E-state index in [-0.39, 0.29) is 11.8 Å². The fourth-order valence-electron chi connectivity index (χ4n) is 4.19. The molecular formula is C25H28N2O4. The predicted octanol–water partition coefficient (Wildman–Crippen LogP) is 4.25. The van der Waals surface area contributed by atoms with E-state index < -0.39 is 0 Å². The molecule has 0 unspecified atom stereocenters. The molecule has 31 heavy (non-hydrogen) atoms. The van der Waals surface area contributed by atoms with Gasteiger partial charge in [0.15, 0.2) is 0 Å². The summed E-state index contributed by atoms with van der Waals surface area (Å²) in [6.07, 6.45) is 3.17. The van der Waals surface area contributed by atoms with Crippen molar-refractivity contribution in [2.45, 2.75) is 33.1 Å². The van der Waals surface area contributed by atoms with Crippen molar-refractivity contribution in [2.75, 3.05) is 31.2 Å². The first-order chi connectivity index (χ1) is 15.1. The summed E-state index contributed by atoms with van der Waals surface area (Å²) in [5.74, 6) is 0.798. The number of nitrogens with zero attached hydrogens (tertiary/aromatic N) is 2. The molecule has 162 valence electrons. The molecule has 2 aliphatic heterocycles. The van der Waals surface area contributed by atoms with Crippen LogP contribution in [-0.2, 0) is 9.59 Å². The average Bonchev–Trinajstić information content (AvgIpc) is 3.05. The highest BCUT2D eigenvalue weighted by atomic mass is 16.5. The van der Waals surface area contributed by atoms with Gasteiger partial charge in [-0.1, -0.05) is 18.2 Å². The lowest BCUT2D eigenvalue weighted by molar-refractivity contribution is -0.120. The number of benzene rings is 2. The molecule has 0 bridgehead atoms. The van der Waals surface area contributed by atoms with Gasteiger partial charge in [-0.05, 0) is 62.9 Å². The van der Waals surface area contributed by atoms with Crippen molar-refractivity contribution in [2.24, 2.45) is 0 Å². The first-order valence-electron chi connectivity index (χ1n) is 11.0. The molecule has 0 radical (unpaired) electrons. The number of piperidine rings is 1. The Morgan fingerprint density at radius 1 is 0.806 bits per heavy atom. The normalized spacial score (nSPS) is 16.8. The molecule has 0 spiro atoms. The SMILES string of the molecule is CCOc1ccc(C2=C(N3CCCCC3)C(=O)N(c3cccc(OCC)c3)C2=O)cc1. The van der Waals surface area contributed by atoms with Gasteiger partial charge in [0.1, 0.15) is 17.2 Å². The van der Waals surface area contributed by atoms with Crippen LogP contribution in [0.4, 0.5) is 5.69 Å². The topological polar surface area (TPSA) is 59.1 Å². The first kappa shape index (κ1) is 21.0. The highest BCUT2D eigenvalue weighted by Crippen LogP contribution is 2.37. The Bertz CT molecular complexity index is 991. The largest absolute Gasteiger partial charge is 0.494 e. The number of imide groups is 1. The molecular weight excluding hydrogens is 392 g/mol. The van der Waals surface area contributed by atoms with Gasteiger partial charge in [0, 0.05) is 19.2 Å². The zero-order valence-corrected chi connectivity index (χ0v) is 18.1. The average molecular weight is 421 g/mol. The van der Waals surface area contributed by atoms with Gasteiger partial charge in [-0.2, -0.15) is 0 Å². The summed E-state index contributed by atoms with van der Waals surface area (Å²) in [6.45, 7) is 6.48. The predicted molar refractivity (Wildman–Crippen MR) is 120 cm³/mol. The van der Waals surface area contributed by atoms with Gasteiger partial charge in [-0.25, -0.2) is 4.90 Å². The Labute approximate surface area is 183 Å². The minimum atomic E-state index is -0.302. The standard InChI is InChI=1S/C25H28N2O4/c1-3-30-20-13-11-18(12-14-20)22-23(26-15-6-5-7-16-26)25(29)27(24(22)28)19-9-8-10-21(17-19)31-4-2/h8-14,17H,3-7,15-16H2,1-2H3. The number of likely N-dealkylation sites (tertiary alicyclic amines) is 1. The number of carbonyl (C=O) groups is 2. The van der Waals surface area contributed by atoms with E-state index in [0.29, 0.717) is 35.9 Å². The fourth-order valence-corrected chi connectivity index (χ4v) is 4.19. The summed E-state index contributed by atoms with van der Waals surface area (Å²) in [5.41, 5.74) is 2.20. The monoisotopic (exact) mass is 420 g/mol. The van der Waals surface area contributed by atoms with Gasteiger partial charge in [-0.3, -0.25) is 9.59 Å². The summed E-state index contributed by atoms with van der Waals surface area (Å²) in [4.78, 5) is 30.5. The lowest BCUT2D eigenvalue weighted by atomic mass is 10.0. The second-order valence-electron chi connectivity index (χ2n) is 7.60. The number of rotatable bonds is 7. The molecule has 0 N–H and O–H groups in total. The van der Waals surface area contributed by atoms with Crippen molar-refractivity contribution in [3.8, 4) is 11.5 Å². The van der Waals surface area contributed by atoms with Crippen LogP contribution in [-0.4, -0.2) is 43.0 Å². The van der Waals surface area contributed by atoms with E-state index in [1.807, 2.05) is 44.2 Å². The number of hydrogen-bond acceptors (Lipinski definition) is 5. The zero-order chi connectivity index (χ0) is 21.8. The minimum absolute atomic E-state index is 0.274. The van der Waals surface area contributed by atoms with Crippen LogP contribution in [0.1, 0.15) is 38.7 Å². The molecule has 4 rings (SSSR count). The van der Waals surface area contributed by atoms with E-state index in [9.17, 15) is 9.59 Å². The molecule has 6 heteroatoms. The third-order valence-corrected chi connectivity index (χ3v) is 5.57. The highest BCUT2D eigenvalue weighted by molar-refractivity contribution is 6.45. The van der Waals surface area contributed by atoms with Gasteiger partial charge in [0.2, 0.25) is 0 Å². The van der Waals surface area contributed by atoms with Gasteiger partial charge < -0.3 is 14.4 Å². The number of hydrogen-bond donors (Lipinski definition) is 0. The van der Waals surface area contributed by atoms with Crippen molar-refractivity contribution >= 4 is 23.1 Å². The number of ether oxygens (including phenoxy) is 2. The molecule has 2 aliphatic rings. The van der Waals surface area contributed by atoms with E-state index in [4.69, 9.17) is 9.47 Å². The number of carbonyl (C=O) groups excluding carboxylic acids is 2. The lowest BCUT2D eigenvalue weighted by Gasteiger charge is -2.29. The van der Waals surface area contributed by atoms with Crippen LogP contribution in [0.25, 0.3) is 5.57 Å². The Kier molecular flexibility index (Phi) is 6.26. The van der Waals surface area contributed by atoms with E-state index in [1.54, 1.807) is 18.2 Å². The van der Waals surface area contributed by atoms with Gasteiger partial charge >= 0.3 is 0 Å². The van der Waals surface area contributed by atoms with Crippen molar-refractivity contribution in [1.29, 1.82) is 0 Å². The molecule has 2 aromatic rings. The Hall–Kier alpha value is -3.28. The summed E-state index contributed by atoms with van der Waals surface area (Å²) < 4.78 is 11.1. The summed E-state index contributed by atoms with van der Waals surface area (Å²) in [6, 6.07) is 14.5. The van der Waals surface area contributed by atoms with Crippen molar-refractivity contribution < 1.29 is 19.1 Å². The number of anilines is 1. The van der Waals surface area contributed by atoms with E-state index in [2.05, 4.69) is 4.90 Å². The quantitative estimate of drug-likeness (QED) is 0.627. The Balaban J connectivity index is 1.76. The van der Waals surface area contributed by atoms with Crippen LogP contribution in [0, 0.1) is 0 Å². The Morgan fingerprint density at radius 2 is 1.48 bits per heavy atom. The molecule has 1 saturated heterocycles. The number of amides is 2. The lowest BCUT2D eigenvalue weighted by Crippen LogP contribution is -2.37. The molecule has 1 fully saturated rings. The molecule has 2 amide bonds. The molecule has 0 aliphatic carbocycles. The van der Waals surface area contributed by atoms with Crippen LogP contribution in [0.3, 0.4) is 0 Å². The first-order valence-corrected chi connectivity index (χ1v) is 11.0. The third kappa shape index (κ3) is 4.15. The van der Waals surface area contributed by atoms with Crippen LogP contribution in [0.2, 0.25) is 0 Å². The van der Waals surface area contributed by atoms with Gasteiger partial charge in [0.25, 0.3) is 11.8 Å². The van der Waals surface area contributed by atoms with Crippen LogP contribution >= 0.6 is 0 Å². The van der Waals surface area contributed by atoms with E-state index in [0.717, 1.165) is 43.7 Å². The van der Waals surface area contributed by atoms with Gasteiger partial charge in [0.05, 0.1) is 24.5 Å². The Morgan fingerprint density at radius 3 is 2.16 bits per heavy atom. The van der Waals surface area contributed by atoms with Crippen molar-refractivity contribution in [3.63, 3.8) is 0 Å².